The molecule has 0 aliphatic rings. The van der Waals surface area contributed by atoms with E-state index >= 15 is 0 Å². The van der Waals surface area contributed by atoms with Crippen molar-refractivity contribution in [1.29, 1.82) is 0 Å². The smallest absolute Gasteiger partial charge is 0.262 e. The molecule has 0 spiro atoms. The van der Waals surface area contributed by atoms with Gasteiger partial charge in [0.25, 0.3) is 5.91 Å². The van der Waals surface area contributed by atoms with Crippen molar-refractivity contribution < 1.29 is 22.7 Å². The number of anilines is 1. The van der Waals surface area contributed by atoms with Crippen LogP contribution in [0.5, 0.6) is 5.75 Å². The van der Waals surface area contributed by atoms with Crippen LogP contribution in [0.15, 0.2) is 108 Å². The Kier molecular flexibility index (Phi) is 8.58. The van der Waals surface area contributed by atoms with Crippen LogP contribution in [-0.4, -0.2) is 38.1 Å². The Labute approximate surface area is 226 Å². The number of carbonyl (C=O) groups is 2. The number of sulfonamides is 1. The van der Waals surface area contributed by atoms with E-state index in [1.807, 2.05) is 30.3 Å². The number of halogens is 1. The van der Waals surface area contributed by atoms with Crippen LogP contribution >= 0.6 is 11.6 Å². The molecule has 1 amide bonds. The second kappa shape index (κ2) is 12.0. The SMILES string of the molecule is CN(Cc1ccccc1)S(=O)(=O)c1ccc(OCC(=O)Nc2ccc(Cl)cc2C(=O)c2ccccc2)cc1. The largest absolute Gasteiger partial charge is 0.484 e. The van der Waals surface area contributed by atoms with Gasteiger partial charge in [0.2, 0.25) is 10.0 Å². The van der Waals surface area contributed by atoms with Gasteiger partial charge >= 0.3 is 0 Å². The van der Waals surface area contributed by atoms with Crippen molar-refractivity contribution in [2.75, 3.05) is 19.0 Å². The quantitative estimate of drug-likeness (QED) is 0.267. The average molecular weight is 549 g/mol. The number of ketones is 1. The van der Waals surface area contributed by atoms with Gasteiger partial charge in [0, 0.05) is 29.7 Å². The van der Waals surface area contributed by atoms with E-state index in [1.165, 1.54) is 41.7 Å². The summed E-state index contributed by atoms with van der Waals surface area (Å²) >= 11 is 6.10. The molecule has 0 aliphatic heterocycles. The Bertz CT molecular complexity index is 1530. The maximum atomic E-state index is 12.9. The molecule has 0 saturated heterocycles. The normalized spacial score (nSPS) is 11.2. The molecule has 0 atom stereocenters. The molecule has 4 rings (SSSR count). The first-order valence-electron chi connectivity index (χ1n) is 11.7. The van der Waals surface area contributed by atoms with Crippen LogP contribution in [0.4, 0.5) is 5.69 Å². The lowest BCUT2D eigenvalue weighted by atomic mass is 10.0. The molecular formula is C29H25ClN2O5S. The van der Waals surface area contributed by atoms with Crippen molar-refractivity contribution in [1.82, 2.24) is 4.31 Å². The number of hydrogen-bond donors (Lipinski definition) is 1. The molecule has 4 aromatic rings. The molecule has 194 valence electrons. The molecular weight excluding hydrogens is 524 g/mol. The van der Waals surface area contributed by atoms with Crippen molar-refractivity contribution in [3.8, 4) is 5.75 Å². The molecule has 38 heavy (non-hydrogen) atoms. The van der Waals surface area contributed by atoms with Crippen molar-refractivity contribution in [2.45, 2.75) is 11.4 Å². The third kappa shape index (κ3) is 6.66. The first kappa shape index (κ1) is 27.1. The van der Waals surface area contributed by atoms with Gasteiger partial charge < -0.3 is 10.1 Å². The van der Waals surface area contributed by atoms with Crippen molar-refractivity contribution in [3.63, 3.8) is 0 Å². The number of amides is 1. The van der Waals surface area contributed by atoms with E-state index in [0.29, 0.717) is 22.0 Å². The van der Waals surface area contributed by atoms with Gasteiger partial charge in [-0.1, -0.05) is 72.3 Å². The molecule has 0 unspecified atom stereocenters. The topological polar surface area (TPSA) is 92.8 Å². The van der Waals surface area contributed by atoms with Crippen LogP contribution in [0.3, 0.4) is 0 Å². The van der Waals surface area contributed by atoms with Gasteiger partial charge in [-0.05, 0) is 48.0 Å². The Balaban J connectivity index is 1.38. The second-order valence-electron chi connectivity index (χ2n) is 8.44. The van der Waals surface area contributed by atoms with Crippen LogP contribution in [0.2, 0.25) is 5.02 Å². The highest BCUT2D eigenvalue weighted by Gasteiger charge is 2.21. The third-order valence-corrected chi connectivity index (χ3v) is 7.74. The van der Waals surface area contributed by atoms with Crippen LogP contribution in [0.25, 0.3) is 0 Å². The van der Waals surface area contributed by atoms with E-state index in [-0.39, 0.29) is 29.4 Å². The number of benzene rings is 4. The predicted molar refractivity (Wildman–Crippen MR) is 147 cm³/mol. The van der Waals surface area contributed by atoms with Gasteiger partial charge in [-0.15, -0.1) is 0 Å². The molecule has 0 saturated carbocycles. The number of nitrogens with one attached hydrogen (secondary N) is 1. The van der Waals surface area contributed by atoms with E-state index in [1.54, 1.807) is 42.5 Å². The Morgan fingerprint density at radius 3 is 2.16 bits per heavy atom. The average Bonchev–Trinajstić information content (AvgIpc) is 2.93. The lowest BCUT2D eigenvalue weighted by Gasteiger charge is -2.17. The minimum Gasteiger partial charge on any atom is -0.484 e. The second-order valence-corrected chi connectivity index (χ2v) is 10.9. The lowest BCUT2D eigenvalue weighted by Crippen LogP contribution is -2.26. The summed E-state index contributed by atoms with van der Waals surface area (Å²) in [6.07, 6.45) is 0. The van der Waals surface area contributed by atoms with E-state index in [4.69, 9.17) is 16.3 Å². The van der Waals surface area contributed by atoms with E-state index in [0.717, 1.165) is 5.56 Å². The third-order valence-electron chi connectivity index (χ3n) is 5.69. The summed E-state index contributed by atoms with van der Waals surface area (Å²) in [6, 6.07) is 28.4. The molecule has 0 fully saturated rings. The van der Waals surface area contributed by atoms with E-state index in [9.17, 15) is 18.0 Å². The molecule has 4 aromatic carbocycles. The number of rotatable bonds is 10. The summed E-state index contributed by atoms with van der Waals surface area (Å²) < 4.78 is 32.6. The predicted octanol–water partition coefficient (Wildman–Crippen LogP) is 5.41. The standard InChI is InChI=1S/C29H25ClN2O5S/c1-32(19-21-8-4-2-5-9-21)38(35,36)25-15-13-24(14-16-25)37-20-28(33)31-27-17-12-23(30)18-26(27)29(34)22-10-6-3-7-11-22/h2-18H,19-20H2,1H3,(H,31,33). The zero-order chi connectivity index (χ0) is 27.1. The van der Waals surface area contributed by atoms with E-state index < -0.39 is 15.9 Å². The minimum atomic E-state index is -3.71. The van der Waals surface area contributed by atoms with Gasteiger partial charge in [-0.2, -0.15) is 4.31 Å². The Morgan fingerprint density at radius 1 is 0.868 bits per heavy atom. The van der Waals surface area contributed by atoms with Gasteiger partial charge in [0.15, 0.2) is 12.4 Å². The summed E-state index contributed by atoms with van der Waals surface area (Å²) in [6.45, 7) is -0.108. The van der Waals surface area contributed by atoms with Crippen molar-refractivity contribution in [2.24, 2.45) is 0 Å². The van der Waals surface area contributed by atoms with Gasteiger partial charge in [-0.25, -0.2) is 8.42 Å². The molecule has 0 heterocycles. The number of hydrogen-bond acceptors (Lipinski definition) is 5. The van der Waals surface area contributed by atoms with Crippen LogP contribution in [0.1, 0.15) is 21.5 Å². The van der Waals surface area contributed by atoms with E-state index in [2.05, 4.69) is 5.32 Å². The number of nitrogens with zero attached hydrogens (tertiary/aromatic N) is 1. The molecule has 0 aromatic heterocycles. The monoisotopic (exact) mass is 548 g/mol. The van der Waals surface area contributed by atoms with Gasteiger partial charge in [0.05, 0.1) is 10.6 Å². The summed E-state index contributed by atoms with van der Waals surface area (Å²) in [7, 11) is -2.19. The first-order valence-corrected chi connectivity index (χ1v) is 13.5. The Hall–Kier alpha value is -3.98. The van der Waals surface area contributed by atoms with Gasteiger partial charge in [-0.3, -0.25) is 9.59 Å². The summed E-state index contributed by atoms with van der Waals surface area (Å²) in [5.74, 6) is -0.450. The van der Waals surface area contributed by atoms with Gasteiger partial charge in [0.1, 0.15) is 5.75 Å². The first-order chi connectivity index (χ1) is 18.2. The highest BCUT2D eigenvalue weighted by atomic mass is 35.5. The summed E-state index contributed by atoms with van der Waals surface area (Å²) in [4.78, 5) is 25.6. The van der Waals surface area contributed by atoms with Crippen molar-refractivity contribution in [3.05, 3.63) is 125 Å². The number of ether oxygens (including phenoxy) is 1. The molecule has 1 N–H and O–H groups in total. The molecule has 0 radical (unpaired) electrons. The summed E-state index contributed by atoms with van der Waals surface area (Å²) in [5.41, 5.74) is 1.90. The zero-order valence-corrected chi connectivity index (χ0v) is 22.1. The highest BCUT2D eigenvalue weighted by molar-refractivity contribution is 7.89. The zero-order valence-electron chi connectivity index (χ0n) is 20.5. The van der Waals surface area contributed by atoms with Crippen LogP contribution in [0, 0.1) is 0 Å². The Morgan fingerprint density at radius 2 is 1.50 bits per heavy atom. The van der Waals surface area contributed by atoms with Crippen LogP contribution in [-0.2, 0) is 21.4 Å². The fourth-order valence-corrected chi connectivity index (χ4v) is 5.04. The van der Waals surface area contributed by atoms with Crippen LogP contribution < -0.4 is 10.1 Å². The minimum absolute atomic E-state index is 0.109. The fraction of sp³-hybridized carbons (Fsp3) is 0.103. The lowest BCUT2D eigenvalue weighted by molar-refractivity contribution is -0.118. The molecule has 7 nitrogen and oxygen atoms in total. The molecule has 0 aliphatic carbocycles. The summed E-state index contributed by atoms with van der Waals surface area (Å²) in [5, 5.41) is 3.05. The maximum Gasteiger partial charge on any atom is 0.262 e. The molecule has 0 bridgehead atoms. The number of carbonyl (C=O) groups excluding carboxylic acids is 2. The fourth-order valence-electron chi connectivity index (χ4n) is 3.71. The highest BCUT2D eigenvalue weighted by Crippen LogP contribution is 2.24. The molecule has 9 heteroatoms. The van der Waals surface area contributed by atoms with Crippen molar-refractivity contribution >= 4 is 39.0 Å². The maximum absolute atomic E-state index is 12.9.